The summed E-state index contributed by atoms with van der Waals surface area (Å²) in [6.07, 6.45) is -2.78. The number of halogens is 3. The monoisotopic (exact) mass is 276 g/mol. The molecule has 0 radical (unpaired) electrons. The van der Waals surface area contributed by atoms with Crippen molar-refractivity contribution in [3.63, 3.8) is 0 Å². The van der Waals surface area contributed by atoms with Gasteiger partial charge in [-0.05, 0) is 35.9 Å². The first kappa shape index (κ1) is 12.6. The van der Waals surface area contributed by atoms with Crippen LogP contribution in [-0.2, 0) is 6.18 Å². The minimum absolute atomic E-state index is 0.133. The number of fused-ring (bicyclic) bond motifs is 1. The average molecular weight is 276 g/mol. The molecule has 2 aromatic heterocycles. The molecule has 0 saturated carbocycles. The number of nitrogens with zero attached hydrogens (tertiary/aromatic N) is 1. The van der Waals surface area contributed by atoms with Gasteiger partial charge in [-0.1, -0.05) is 18.2 Å². The molecular formula is C15H11F3N2. The molecule has 0 saturated heterocycles. The van der Waals surface area contributed by atoms with E-state index in [-0.39, 0.29) is 5.69 Å². The van der Waals surface area contributed by atoms with Crippen LogP contribution in [0, 0.1) is 0 Å². The van der Waals surface area contributed by atoms with E-state index in [1.807, 2.05) is 0 Å². The lowest BCUT2D eigenvalue weighted by Crippen LogP contribution is -2.06. The highest BCUT2D eigenvalue weighted by molar-refractivity contribution is 5.73. The molecule has 0 amide bonds. The third kappa shape index (κ3) is 2.01. The van der Waals surface area contributed by atoms with Gasteiger partial charge in [0.2, 0.25) is 0 Å². The van der Waals surface area contributed by atoms with E-state index in [1.54, 1.807) is 48.7 Å². The molecule has 2 N–H and O–H groups in total. The Morgan fingerprint density at radius 1 is 0.950 bits per heavy atom. The maximum Gasteiger partial charge on any atom is 0.418 e. The third-order valence-electron chi connectivity index (χ3n) is 3.17. The summed E-state index contributed by atoms with van der Waals surface area (Å²) in [5.74, 6) is 0. The van der Waals surface area contributed by atoms with E-state index in [9.17, 15) is 13.2 Å². The molecule has 0 aliphatic heterocycles. The van der Waals surface area contributed by atoms with Crippen LogP contribution in [0.3, 0.4) is 0 Å². The highest BCUT2D eigenvalue weighted by atomic mass is 19.4. The summed E-state index contributed by atoms with van der Waals surface area (Å²) in [7, 11) is 0. The lowest BCUT2D eigenvalue weighted by atomic mass is 10.1. The number of aromatic nitrogens is 1. The van der Waals surface area contributed by atoms with Crippen molar-refractivity contribution in [2.75, 3.05) is 5.73 Å². The number of nitrogen functional groups attached to an aromatic ring is 1. The second-order valence-electron chi connectivity index (χ2n) is 4.52. The number of pyridine rings is 1. The minimum atomic E-state index is -4.40. The molecule has 0 atom stereocenters. The van der Waals surface area contributed by atoms with Gasteiger partial charge >= 0.3 is 6.18 Å². The molecule has 0 aliphatic carbocycles. The van der Waals surface area contributed by atoms with E-state index in [0.717, 1.165) is 6.07 Å². The standard InChI is InChI=1S/C15H11F3N2/c16-15(17,18)13-9-12-3-1-2-8-20(12)14(13)10-4-6-11(19)7-5-10/h1-9H,19H2. The van der Waals surface area contributed by atoms with Gasteiger partial charge < -0.3 is 10.1 Å². The van der Waals surface area contributed by atoms with Gasteiger partial charge in [-0.3, -0.25) is 0 Å². The number of anilines is 1. The summed E-state index contributed by atoms with van der Waals surface area (Å²) in [6.45, 7) is 0. The molecule has 5 heteroatoms. The topological polar surface area (TPSA) is 30.4 Å². The predicted octanol–water partition coefficient (Wildman–Crippen LogP) is 4.21. The first-order chi connectivity index (χ1) is 9.47. The molecule has 0 fully saturated rings. The van der Waals surface area contributed by atoms with Gasteiger partial charge in [-0.15, -0.1) is 0 Å². The lowest BCUT2D eigenvalue weighted by molar-refractivity contribution is -0.137. The smallest absolute Gasteiger partial charge is 0.399 e. The van der Waals surface area contributed by atoms with Crippen LogP contribution in [0.4, 0.5) is 18.9 Å². The number of hydrogen-bond donors (Lipinski definition) is 1. The van der Waals surface area contributed by atoms with E-state index in [0.29, 0.717) is 16.8 Å². The van der Waals surface area contributed by atoms with Gasteiger partial charge in [-0.25, -0.2) is 0 Å². The molecule has 3 rings (SSSR count). The van der Waals surface area contributed by atoms with Crippen molar-refractivity contribution < 1.29 is 13.2 Å². The molecule has 102 valence electrons. The fourth-order valence-corrected chi connectivity index (χ4v) is 2.28. The van der Waals surface area contributed by atoms with Crippen LogP contribution in [0.2, 0.25) is 0 Å². The summed E-state index contributed by atoms with van der Waals surface area (Å²) in [6, 6.07) is 12.6. The zero-order valence-electron chi connectivity index (χ0n) is 10.4. The van der Waals surface area contributed by atoms with Crippen molar-refractivity contribution in [3.8, 4) is 11.3 Å². The fraction of sp³-hybridized carbons (Fsp3) is 0.0667. The maximum atomic E-state index is 13.2. The summed E-state index contributed by atoms with van der Waals surface area (Å²) in [5.41, 5.74) is 6.58. The van der Waals surface area contributed by atoms with E-state index < -0.39 is 11.7 Å². The van der Waals surface area contributed by atoms with E-state index in [1.165, 1.54) is 4.40 Å². The van der Waals surface area contributed by atoms with Crippen molar-refractivity contribution in [2.24, 2.45) is 0 Å². The fourth-order valence-electron chi connectivity index (χ4n) is 2.28. The van der Waals surface area contributed by atoms with Crippen LogP contribution in [0.5, 0.6) is 0 Å². The Bertz CT molecular complexity index is 755. The molecule has 0 spiro atoms. The minimum Gasteiger partial charge on any atom is -0.399 e. The van der Waals surface area contributed by atoms with Gasteiger partial charge in [0.25, 0.3) is 0 Å². The molecule has 1 aromatic carbocycles. The number of hydrogen-bond acceptors (Lipinski definition) is 1. The van der Waals surface area contributed by atoms with Gasteiger partial charge in [0, 0.05) is 17.4 Å². The average Bonchev–Trinajstić information content (AvgIpc) is 2.79. The van der Waals surface area contributed by atoms with Gasteiger partial charge in [0.05, 0.1) is 11.3 Å². The summed E-state index contributed by atoms with van der Waals surface area (Å²) >= 11 is 0. The van der Waals surface area contributed by atoms with Crippen LogP contribution < -0.4 is 5.73 Å². The molecule has 0 unspecified atom stereocenters. The zero-order valence-corrected chi connectivity index (χ0v) is 10.4. The van der Waals surface area contributed by atoms with Gasteiger partial charge in [0.1, 0.15) is 0 Å². The van der Waals surface area contributed by atoms with Crippen LogP contribution in [0.25, 0.3) is 16.8 Å². The number of alkyl halides is 3. The van der Waals surface area contributed by atoms with Crippen LogP contribution in [0.15, 0.2) is 54.7 Å². The molecule has 20 heavy (non-hydrogen) atoms. The molecule has 0 aliphatic rings. The Hall–Kier alpha value is -2.43. The SMILES string of the molecule is Nc1ccc(-c2c(C(F)(F)F)cc3ccccn23)cc1. The summed E-state index contributed by atoms with van der Waals surface area (Å²) in [4.78, 5) is 0. The van der Waals surface area contributed by atoms with Crippen molar-refractivity contribution >= 4 is 11.2 Å². The molecule has 0 bridgehead atoms. The normalized spacial score (nSPS) is 11.9. The quantitative estimate of drug-likeness (QED) is 0.663. The Morgan fingerprint density at radius 3 is 2.30 bits per heavy atom. The van der Waals surface area contributed by atoms with Crippen LogP contribution in [-0.4, -0.2) is 4.40 Å². The first-order valence-corrected chi connectivity index (χ1v) is 6.00. The number of rotatable bonds is 1. The van der Waals surface area contributed by atoms with E-state index in [2.05, 4.69) is 0 Å². The Kier molecular flexibility index (Phi) is 2.71. The van der Waals surface area contributed by atoms with Crippen molar-refractivity contribution in [1.82, 2.24) is 4.40 Å². The van der Waals surface area contributed by atoms with Gasteiger partial charge in [0.15, 0.2) is 0 Å². The lowest BCUT2D eigenvalue weighted by Gasteiger charge is -2.10. The zero-order chi connectivity index (χ0) is 14.3. The Morgan fingerprint density at radius 2 is 1.65 bits per heavy atom. The number of benzene rings is 1. The largest absolute Gasteiger partial charge is 0.418 e. The second kappa shape index (κ2) is 4.30. The maximum absolute atomic E-state index is 13.2. The van der Waals surface area contributed by atoms with Crippen LogP contribution in [0.1, 0.15) is 5.56 Å². The van der Waals surface area contributed by atoms with Crippen LogP contribution >= 0.6 is 0 Å². The Balaban J connectivity index is 2.34. The van der Waals surface area contributed by atoms with Crippen molar-refractivity contribution in [2.45, 2.75) is 6.18 Å². The first-order valence-electron chi connectivity index (χ1n) is 6.00. The third-order valence-corrected chi connectivity index (χ3v) is 3.17. The summed E-state index contributed by atoms with van der Waals surface area (Å²) in [5, 5.41) is 0. The molecule has 2 nitrogen and oxygen atoms in total. The van der Waals surface area contributed by atoms with E-state index in [4.69, 9.17) is 5.73 Å². The second-order valence-corrected chi connectivity index (χ2v) is 4.52. The Labute approximate surface area is 113 Å². The van der Waals surface area contributed by atoms with Gasteiger partial charge in [-0.2, -0.15) is 13.2 Å². The van der Waals surface area contributed by atoms with E-state index >= 15 is 0 Å². The predicted molar refractivity (Wildman–Crippen MR) is 72.2 cm³/mol. The highest BCUT2D eigenvalue weighted by Crippen LogP contribution is 2.39. The molecule has 3 aromatic rings. The van der Waals surface area contributed by atoms with Crippen molar-refractivity contribution in [3.05, 3.63) is 60.3 Å². The summed E-state index contributed by atoms with van der Waals surface area (Å²) < 4.78 is 41.2. The highest BCUT2D eigenvalue weighted by Gasteiger charge is 2.36. The molecule has 2 heterocycles. The number of nitrogens with two attached hydrogens (primary N) is 1. The molecular weight excluding hydrogens is 265 g/mol. The van der Waals surface area contributed by atoms with Crippen molar-refractivity contribution in [1.29, 1.82) is 0 Å².